The highest BCUT2D eigenvalue weighted by Crippen LogP contribution is 2.27. The maximum absolute atomic E-state index is 11.3. The van der Waals surface area contributed by atoms with Crippen LogP contribution in [0.1, 0.15) is 37.6 Å². The normalized spacial score (nSPS) is 11.8. The summed E-state index contributed by atoms with van der Waals surface area (Å²) in [6, 6.07) is 8.04. The molecule has 1 aromatic carbocycles. The van der Waals surface area contributed by atoms with Gasteiger partial charge in [0.25, 0.3) is 0 Å². The lowest BCUT2D eigenvalue weighted by Crippen LogP contribution is -2.29. The molecule has 2 aromatic rings. The second-order valence-corrected chi connectivity index (χ2v) is 5.46. The van der Waals surface area contributed by atoms with Gasteiger partial charge in [-0.1, -0.05) is 13.0 Å². The quantitative estimate of drug-likeness (QED) is 0.916. The lowest BCUT2D eigenvalue weighted by molar-refractivity contribution is -0.142. The van der Waals surface area contributed by atoms with E-state index in [-0.39, 0.29) is 0 Å². The molecule has 0 spiro atoms. The van der Waals surface area contributed by atoms with Crippen LogP contribution in [0, 0.1) is 6.92 Å². The van der Waals surface area contributed by atoms with Gasteiger partial charge in [0.05, 0.1) is 11.2 Å². The second kappa shape index (κ2) is 4.65. The smallest absolute Gasteiger partial charge is 0.315 e. The summed E-state index contributed by atoms with van der Waals surface area (Å²) < 4.78 is 0. The van der Waals surface area contributed by atoms with Gasteiger partial charge in [0, 0.05) is 5.39 Å². The van der Waals surface area contributed by atoms with E-state index in [4.69, 9.17) is 0 Å². The van der Waals surface area contributed by atoms with Crippen LogP contribution in [-0.4, -0.2) is 16.1 Å². The SMILES string of the molecule is CCc1ccc2nc(C(C)(C)C(=O)O)cc(C)c2c1. The summed E-state index contributed by atoms with van der Waals surface area (Å²) >= 11 is 0. The average molecular weight is 257 g/mol. The van der Waals surface area contributed by atoms with Crippen molar-refractivity contribution in [3.05, 3.63) is 41.1 Å². The van der Waals surface area contributed by atoms with E-state index in [9.17, 15) is 9.90 Å². The van der Waals surface area contributed by atoms with E-state index in [1.165, 1.54) is 5.56 Å². The van der Waals surface area contributed by atoms with Crippen molar-refractivity contribution in [1.82, 2.24) is 4.98 Å². The number of aromatic nitrogens is 1. The van der Waals surface area contributed by atoms with Crippen LogP contribution in [0.3, 0.4) is 0 Å². The average Bonchev–Trinajstić information content (AvgIpc) is 2.38. The molecule has 0 aliphatic carbocycles. The third-order valence-electron chi connectivity index (χ3n) is 3.66. The summed E-state index contributed by atoms with van der Waals surface area (Å²) in [5, 5.41) is 10.4. The summed E-state index contributed by atoms with van der Waals surface area (Å²) in [5.41, 5.74) is 2.84. The largest absolute Gasteiger partial charge is 0.481 e. The molecule has 3 heteroatoms. The van der Waals surface area contributed by atoms with Gasteiger partial charge in [-0.15, -0.1) is 0 Å². The van der Waals surface area contributed by atoms with Crippen LogP contribution >= 0.6 is 0 Å². The number of aryl methyl sites for hydroxylation is 2. The van der Waals surface area contributed by atoms with Crippen LogP contribution < -0.4 is 0 Å². The molecule has 0 unspecified atom stereocenters. The van der Waals surface area contributed by atoms with E-state index in [0.717, 1.165) is 22.9 Å². The summed E-state index contributed by atoms with van der Waals surface area (Å²) in [5.74, 6) is -0.857. The van der Waals surface area contributed by atoms with Gasteiger partial charge in [0.1, 0.15) is 5.41 Å². The Bertz CT molecular complexity index is 644. The molecule has 0 saturated heterocycles. The number of rotatable bonds is 3. The van der Waals surface area contributed by atoms with Crippen molar-refractivity contribution in [1.29, 1.82) is 0 Å². The number of benzene rings is 1. The Morgan fingerprint density at radius 2 is 2.00 bits per heavy atom. The third-order valence-corrected chi connectivity index (χ3v) is 3.66. The van der Waals surface area contributed by atoms with Crippen molar-refractivity contribution >= 4 is 16.9 Å². The Balaban J connectivity index is 2.66. The first-order chi connectivity index (χ1) is 8.86. The number of hydrogen-bond acceptors (Lipinski definition) is 2. The van der Waals surface area contributed by atoms with Crippen molar-refractivity contribution in [2.45, 2.75) is 39.5 Å². The first-order valence-electron chi connectivity index (χ1n) is 6.50. The zero-order chi connectivity index (χ0) is 14.2. The van der Waals surface area contributed by atoms with Crippen LogP contribution in [-0.2, 0) is 16.6 Å². The molecule has 3 nitrogen and oxygen atoms in total. The molecule has 1 N–H and O–H groups in total. The Morgan fingerprint density at radius 1 is 1.32 bits per heavy atom. The van der Waals surface area contributed by atoms with E-state index in [1.54, 1.807) is 13.8 Å². The lowest BCUT2D eigenvalue weighted by Gasteiger charge is -2.20. The van der Waals surface area contributed by atoms with Crippen molar-refractivity contribution in [2.75, 3.05) is 0 Å². The minimum Gasteiger partial charge on any atom is -0.481 e. The third kappa shape index (κ3) is 2.33. The van der Waals surface area contributed by atoms with Gasteiger partial charge >= 0.3 is 5.97 Å². The second-order valence-electron chi connectivity index (χ2n) is 5.46. The highest BCUT2D eigenvalue weighted by atomic mass is 16.4. The molecule has 0 atom stereocenters. The number of fused-ring (bicyclic) bond motifs is 1. The highest BCUT2D eigenvalue weighted by Gasteiger charge is 2.31. The predicted molar refractivity (Wildman–Crippen MR) is 76.5 cm³/mol. The minimum atomic E-state index is -0.970. The fourth-order valence-corrected chi connectivity index (χ4v) is 2.09. The Hall–Kier alpha value is -1.90. The number of carboxylic acids is 1. The van der Waals surface area contributed by atoms with Crippen LogP contribution in [0.5, 0.6) is 0 Å². The topological polar surface area (TPSA) is 50.2 Å². The first-order valence-corrected chi connectivity index (χ1v) is 6.50. The summed E-state index contributed by atoms with van der Waals surface area (Å²) in [6.07, 6.45) is 0.984. The lowest BCUT2D eigenvalue weighted by atomic mass is 9.87. The zero-order valence-electron chi connectivity index (χ0n) is 11.8. The van der Waals surface area contributed by atoms with Crippen LogP contribution in [0.4, 0.5) is 0 Å². The van der Waals surface area contributed by atoms with Crippen molar-refractivity contribution in [3.8, 4) is 0 Å². The maximum atomic E-state index is 11.3. The molecule has 0 saturated carbocycles. The van der Waals surface area contributed by atoms with E-state index in [2.05, 4.69) is 18.0 Å². The van der Waals surface area contributed by atoms with Gasteiger partial charge < -0.3 is 5.11 Å². The Morgan fingerprint density at radius 3 is 2.58 bits per heavy atom. The maximum Gasteiger partial charge on any atom is 0.315 e. The number of pyridine rings is 1. The predicted octanol–water partition coefficient (Wildman–Crippen LogP) is 3.47. The molecule has 0 bridgehead atoms. The van der Waals surface area contributed by atoms with E-state index < -0.39 is 11.4 Å². The number of nitrogens with zero attached hydrogens (tertiary/aromatic N) is 1. The van der Waals surface area contributed by atoms with Crippen LogP contribution in [0.15, 0.2) is 24.3 Å². The number of aliphatic carboxylic acids is 1. The van der Waals surface area contributed by atoms with Gasteiger partial charge in [-0.05, 0) is 56.5 Å². The molecule has 2 rings (SSSR count). The molecule has 1 heterocycles. The van der Waals surface area contributed by atoms with E-state index >= 15 is 0 Å². The molecule has 0 radical (unpaired) electrons. The van der Waals surface area contributed by atoms with Gasteiger partial charge in [0.15, 0.2) is 0 Å². The highest BCUT2D eigenvalue weighted by molar-refractivity contribution is 5.85. The van der Waals surface area contributed by atoms with Gasteiger partial charge in [-0.25, -0.2) is 0 Å². The Kier molecular flexibility index (Phi) is 3.31. The summed E-state index contributed by atoms with van der Waals surface area (Å²) in [6.45, 7) is 7.49. The summed E-state index contributed by atoms with van der Waals surface area (Å²) in [4.78, 5) is 15.9. The number of hydrogen-bond donors (Lipinski definition) is 1. The van der Waals surface area contributed by atoms with Crippen molar-refractivity contribution in [3.63, 3.8) is 0 Å². The fourth-order valence-electron chi connectivity index (χ4n) is 2.09. The molecular weight excluding hydrogens is 238 g/mol. The molecule has 1 aromatic heterocycles. The Labute approximate surface area is 113 Å². The molecule has 0 aliphatic heterocycles. The van der Waals surface area contributed by atoms with E-state index in [1.807, 2.05) is 25.1 Å². The molecule has 0 fully saturated rings. The van der Waals surface area contributed by atoms with Crippen LogP contribution in [0.25, 0.3) is 10.9 Å². The van der Waals surface area contributed by atoms with E-state index in [0.29, 0.717) is 5.69 Å². The summed E-state index contributed by atoms with van der Waals surface area (Å²) in [7, 11) is 0. The molecular formula is C16H19NO2. The van der Waals surface area contributed by atoms with Gasteiger partial charge in [-0.3, -0.25) is 9.78 Å². The molecule has 0 amide bonds. The number of carbonyl (C=O) groups is 1. The standard InChI is InChI=1S/C16H19NO2/c1-5-11-6-7-13-12(9-11)10(2)8-14(17-13)16(3,4)15(18)19/h6-9H,5H2,1-4H3,(H,18,19). The van der Waals surface area contributed by atoms with Crippen molar-refractivity contribution in [2.24, 2.45) is 0 Å². The van der Waals surface area contributed by atoms with Crippen molar-refractivity contribution < 1.29 is 9.90 Å². The van der Waals surface area contributed by atoms with Gasteiger partial charge in [0.2, 0.25) is 0 Å². The number of carboxylic acid groups (broad SMARTS) is 1. The minimum absolute atomic E-state index is 0.606. The molecule has 19 heavy (non-hydrogen) atoms. The first kappa shape index (κ1) is 13.5. The monoisotopic (exact) mass is 257 g/mol. The zero-order valence-corrected chi connectivity index (χ0v) is 11.8. The van der Waals surface area contributed by atoms with Crippen LogP contribution in [0.2, 0.25) is 0 Å². The van der Waals surface area contributed by atoms with Gasteiger partial charge in [-0.2, -0.15) is 0 Å². The fraction of sp³-hybridized carbons (Fsp3) is 0.375. The molecule has 0 aliphatic rings. The molecule has 100 valence electrons.